The summed E-state index contributed by atoms with van der Waals surface area (Å²) in [5.41, 5.74) is 10.7. The summed E-state index contributed by atoms with van der Waals surface area (Å²) in [5, 5.41) is 11.8. The molecule has 7 fully saturated rings. The molecule has 0 spiro atoms. The zero-order chi connectivity index (χ0) is 35.4. The number of piperidine rings is 4. The van der Waals surface area contributed by atoms with Crippen LogP contribution in [0.2, 0.25) is 0 Å². The predicted molar refractivity (Wildman–Crippen MR) is 219 cm³/mol. The van der Waals surface area contributed by atoms with Crippen molar-refractivity contribution in [2.45, 2.75) is 93.0 Å². The minimum atomic E-state index is 0.298. The Labute approximate surface area is 317 Å². The summed E-state index contributed by atoms with van der Waals surface area (Å²) in [5.74, 6) is 2.69. The van der Waals surface area contributed by atoms with E-state index in [1.54, 1.807) is 22.3 Å². The van der Waals surface area contributed by atoms with Crippen molar-refractivity contribution in [3.05, 3.63) is 125 Å². The maximum absolute atomic E-state index is 3.97. The van der Waals surface area contributed by atoms with Crippen LogP contribution in [0.5, 0.6) is 0 Å². The summed E-state index contributed by atoms with van der Waals surface area (Å²) in [6.07, 6.45) is 10.6. The molecule has 4 aromatic carbocycles. The van der Waals surface area contributed by atoms with Gasteiger partial charge in [0.15, 0.2) is 0 Å². The number of hydrogen-bond donors (Lipinski definition) is 3. The molecule has 3 saturated carbocycles. The van der Waals surface area contributed by atoms with Crippen molar-refractivity contribution in [1.29, 1.82) is 0 Å². The highest BCUT2D eigenvalue weighted by Crippen LogP contribution is 2.68. The van der Waals surface area contributed by atoms with Gasteiger partial charge >= 0.3 is 0 Å². The van der Waals surface area contributed by atoms with Crippen molar-refractivity contribution in [3.8, 4) is 0 Å². The van der Waals surface area contributed by atoms with E-state index in [9.17, 15) is 0 Å². The van der Waals surface area contributed by atoms with Gasteiger partial charge in [0.2, 0.25) is 0 Å². The van der Waals surface area contributed by atoms with E-state index in [2.05, 4.69) is 136 Å². The average molecular weight is 706 g/mol. The minimum Gasteiger partial charge on any atom is -0.315 e. The van der Waals surface area contributed by atoms with E-state index in [1.807, 2.05) is 0 Å². The predicted octanol–water partition coefficient (Wildman–Crippen LogP) is 8.76. The first kappa shape index (κ1) is 34.0. The van der Waals surface area contributed by atoms with Crippen molar-refractivity contribution in [2.24, 2.45) is 11.8 Å². The quantitative estimate of drug-likeness (QED) is 0.171. The Morgan fingerprint density at radius 2 is 1.21 bits per heavy atom. The van der Waals surface area contributed by atoms with Crippen LogP contribution in [0.25, 0.3) is 0 Å². The van der Waals surface area contributed by atoms with Crippen molar-refractivity contribution < 1.29 is 0 Å². The van der Waals surface area contributed by atoms with Gasteiger partial charge in [-0.3, -0.25) is 0 Å². The Morgan fingerprint density at radius 3 is 1.87 bits per heavy atom. The highest BCUT2D eigenvalue weighted by molar-refractivity contribution is 5.76. The number of anilines is 3. The molecule has 53 heavy (non-hydrogen) atoms. The highest BCUT2D eigenvalue weighted by Gasteiger charge is 2.62. The van der Waals surface area contributed by atoms with Crippen molar-refractivity contribution >= 4 is 17.1 Å². The first-order valence-electron chi connectivity index (χ1n) is 21.2. The second kappa shape index (κ2) is 14.0. The molecule has 0 radical (unpaired) electrons. The summed E-state index contributed by atoms with van der Waals surface area (Å²) in [4.78, 5) is 5.13. The molecule has 4 heterocycles. The molecular formula is C48H59N5. The van der Waals surface area contributed by atoms with Gasteiger partial charge in [-0.2, -0.15) is 0 Å². The topological polar surface area (TPSA) is 42.6 Å². The van der Waals surface area contributed by atoms with Crippen molar-refractivity contribution in [2.75, 3.05) is 50.7 Å². The Morgan fingerprint density at radius 1 is 0.623 bits per heavy atom. The summed E-state index contributed by atoms with van der Waals surface area (Å²) >= 11 is 0. The van der Waals surface area contributed by atoms with Crippen LogP contribution in [-0.2, 0) is 10.8 Å². The standard InChI is InChI=1S/C48H59N5/c1-2-52-30-44(42-16-10-24-51-46(42)31-52)35-25-34(43-28-49-29-45-41(43)15-9-23-50-45)26-37(27-35)48-22-21-47(32-48,33-48)36-17-19-40(20-18-36)53(38-11-5-3-6-12-38)39-13-7-4-8-14-39/h3-8,11-14,17-20,25-27,41-46,49-51H,2,9-10,15-16,21-24,28-33H2,1H3. The normalized spacial score (nSPS) is 33.8. The van der Waals surface area contributed by atoms with Gasteiger partial charge in [0.05, 0.1) is 0 Å². The third-order valence-electron chi connectivity index (χ3n) is 15.0. The lowest BCUT2D eigenvalue weighted by atomic mass is 9.55. The number of fused-ring (bicyclic) bond motifs is 3. The zero-order valence-corrected chi connectivity index (χ0v) is 31.8. The van der Waals surface area contributed by atoms with E-state index < -0.39 is 0 Å². The van der Waals surface area contributed by atoms with Crippen LogP contribution in [0, 0.1) is 11.8 Å². The monoisotopic (exact) mass is 705 g/mol. The lowest BCUT2D eigenvalue weighted by Gasteiger charge is -2.50. The Kier molecular flexibility index (Phi) is 8.98. The van der Waals surface area contributed by atoms with Gasteiger partial charge in [-0.25, -0.2) is 0 Å². The molecular weight excluding hydrogens is 647 g/mol. The summed E-state index contributed by atoms with van der Waals surface area (Å²) < 4.78 is 0. The first-order chi connectivity index (χ1) is 26.1. The van der Waals surface area contributed by atoms with Gasteiger partial charge in [-0.1, -0.05) is 73.7 Å². The van der Waals surface area contributed by atoms with Crippen LogP contribution in [0.3, 0.4) is 0 Å². The van der Waals surface area contributed by atoms with E-state index in [0.29, 0.717) is 34.7 Å². The highest BCUT2D eigenvalue weighted by atomic mass is 15.2. The Balaban J connectivity index is 0.976. The number of hydrogen-bond acceptors (Lipinski definition) is 5. The minimum absolute atomic E-state index is 0.298. The molecule has 4 aliphatic heterocycles. The van der Waals surface area contributed by atoms with E-state index in [0.717, 1.165) is 31.5 Å². The van der Waals surface area contributed by atoms with Gasteiger partial charge in [-0.15, -0.1) is 0 Å². The van der Waals surface area contributed by atoms with E-state index in [-0.39, 0.29) is 0 Å². The number of para-hydroxylation sites is 2. The maximum atomic E-state index is 3.97. The number of likely N-dealkylation sites (N-methyl/N-ethyl adjacent to an activating group) is 1. The molecule has 276 valence electrons. The second-order valence-corrected chi connectivity index (χ2v) is 17.8. The molecule has 4 saturated heterocycles. The summed E-state index contributed by atoms with van der Waals surface area (Å²) in [6.45, 7) is 10.5. The van der Waals surface area contributed by atoms with Crippen molar-refractivity contribution in [1.82, 2.24) is 20.9 Å². The van der Waals surface area contributed by atoms with Crippen LogP contribution in [0.4, 0.5) is 17.1 Å². The summed E-state index contributed by atoms with van der Waals surface area (Å²) in [6, 6.07) is 40.7. The third kappa shape index (κ3) is 6.07. The molecule has 7 aliphatic rings. The number of likely N-dealkylation sites (tertiary alicyclic amines) is 1. The van der Waals surface area contributed by atoms with E-state index in [1.165, 1.54) is 94.6 Å². The van der Waals surface area contributed by atoms with Gasteiger partial charge in [-0.05, 0) is 152 Å². The van der Waals surface area contributed by atoms with Gasteiger partial charge in [0.1, 0.15) is 0 Å². The molecule has 5 heteroatoms. The Hall–Kier alpha value is -3.48. The van der Waals surface area contributed by atoms with Crippen LogP contribution in [0.1, 0.15) is 92.4 Å². The molecule has 5 nitrogen and oxygen atoms in total. The number of benzene rings is 4. The lowest BCUT2D eigenvalue weighted by Crippen LogP contribution is -2.56. The van der Waals surface area contributed by atoms with Gasteiger partial charge in [0.25, 0.3) is 0 Å². The molecule has 0 amide bonds. The maximum Gasteiger partial charge on any atom is 0.0461 e. The number of nitrogens with zero attached hydrogens (tertiary/aromatic N) is 2. The average Bonchev–Trinajstić information content (AvgIpc) is 3.80. The van der Waals surface area contributed by atoms with Gasteiger partial charge < -0.3 is 25.8 Å². The van der Waals surface area contributed by atoms with Crippen LogP contribution < -0.4 is 20.9 Å². The van der Waals surface area contributed by atoms with Crippen LogP contribution in [-0.4, -0.2) is 62.8 Å². The van der Waals surface area contributed by atoms with Gasteiger partial charge in [0, 0.05) is 67.2 Å². The number of nitrogens with one attached hydrogen (secondary N) is 3. The fourth-order valence-electron chi connectivity index (χ4n) is 12.4. The third-order valence-corrected chi connectivity index (χ3v) is 15.0. The lowest BCUT2D eigenvalue weighted by molar-refractivity contribution is 0.0985. The molecule has 3 N–H and O–H groups in total. The van der Waals surface area contributed by atoms with E-state index >= 15 is 0 Å². The summed E-state index contributed by atoms with van der Waals surface area (Å²) in [7, 11) is 0. The smallest absolute Gasteiger partial charge is 0.0461 e. The molecule has 4 aromatic rings. The second-order valence-electron chi connectivity index (χ2n) is 17.8. The molecule has 6 atom stereocenters. The molecule has 0 aromatic heterocycles. The molecule has 2 bridgehead atoms. The van der Waals surface area contributed by atoms with Crippen molar-refractivity contribution in [3.63, 3.8) is 0 Å². The first-order valence-corrected chi connectivity index (χ1v) is 21.2. The fraction of sp³-hybridized carbons (Fsp3) is 0.500. The zero-order valence-electron chi connectivity index (χ0n) is 31.8. The Bertz CT molecular complexity index is 1830. The number of rotatable bonds is 8. The van der Waals surface area contributed by atoms with Crippen LogP contribution >= 0.6 is 0 Å². The molecule has 6 unspecified atom stereocenters. The molecule has 3 aliphatic carbocycles. The fourth-order valence-corrected chi connectivity index (χ4v) is 12.4. The van der Waals surface area contributed by atoms with Crippen LogP contribution in [0.15, 0.2) is 103 Å². The largest absolute Gasteiger partial charge is 0.315 e. The SMILES string of the molecule is CCN1CC2NCCCC2C(c2cc(C3CNCC4NCCCC43)cc(C34CCC(c5ccc(N(c6ccccc6)c6ccccc6)cc5)(C3)C4)c2)C1. The van der Waals surface area contributed by atoms with E-state index in [4.69, 9.17) is 0 Å². The molecule has 11 rings (SSSR count).